The van der Waals surface area contributed by atoms with E-state index in [1.807, 2.05) is 18.2 Å². The molecule has 0 radical (unpaired) electrons. The van der Waals surface area contributed by atoms with Gasteiger partial charge in [-0.3, -0.25) is 0 Å². The number of rotatable bonds is 6. The number of hydrogen-bond acceptors (Lipinski definition) is 2. The summed E-state index contributed by atoms with van der Waals surface area (Å²) < 4.78 is 6.49. The molecule has 0 aliphatic heterocycles. The first kappa shape index (κ1) is 13.5. The molecule has 16 heavy (non-hydrogen) atoms. The van der Waals surface area contributed by atoms with Crippen molar-refractivity contribution in [1.82, 2.24) is 0 Å². The molecule has 0 spiro atoms. The minimum atomic E-state index is 0.393. The zero-order valence-electron chi connectivity index (χ0n) is 9.33. The van der Waals surface area contributed by atoms with Gasteiger partial charge in [0.25, 0.3) is 0 Å². The average molecular weight is 302 g/mol. The molecule has 0 amide bonds. The highest BCUT2D eigenvalue weighted by molar-refractivity contribution is 9.10. The van der Waals surface area contributed by atoms with Gasteiger partial charge in [-0.1, -0.05) is 32.0 Å². The van der Waals surface area contributed by atoms with Crippen molar-refractivity contribution in [2.24, 2.45) is 5.73 Å². The van der Waals surface area contributed by atoms with Crippen LogP contribution in [0.25, 0.3) is 0 Å². The molecule has 0 aliphatic carbocycles. The number of unbranched alkanes of at least 4 members (excludes halogenated alkanes) is 2. The van der Waals surface area contributed by atoms with Crippen LogP contribution < -0.4 is 10.5 Å². The van der Waals surface area contributed by atoms with E-state index in [4.69, 9.17) is 22.7 Å². The Bertz CT molecular complexity index is 368. The molecular formula is C12H16BrNOS. The summed E-state index contributed by atoms with van der Waals surface area (Å²) in [6.07, 6.45) is 3.49. The lowest BCUT2D eigenvalue weighted by Crippen LogP contribution is -2.10. The van der Waals surface area contributed by atoms with Crippen molar-refractivity contribution in [1.29, 1.82) is 0 Å². The van der Waals surface area contributed by atoms with Gasteiger partial charge in [0.2, 0.25) is 0 Å². The predicted molar refractivity (Wildman–Crippen MR) is 75.0 cm³/mol. The summed E-state index contributed by atoms with van der Waals surface area (Å²) in [6.45, 7) is 2.93. The van der Waals surface area contributed by atoms with Crippen LogP contribution in [0.5, 0.6) is 5.75 Å². The number of benzene rings is 1. The number of ether oxygens (including phenoxy) is 1. The highest BCUT2D eigenvalue weighted by atomic mass is 79.9. The van der Waals surface area contributed by atoms with Crippen LogP contribution in [0.2, 0.25) is 0 Å². The Balaban J connectivity index is 2.56. The van der Waals surface area contributed by atoms with Crippen molar-refractivity contribution in [2.45, 2.75) is 26.2 Å². The molecule has 4 heteroatoms. The number of thiocarbonyl (C=S) groups is 1. The van der Waals surface area contributed by atoms with Gasteiger partial charge in [-0.05, 0) is 40.5 Å². The molecule has 1 rings (SSSR count). The van der Waals surface area contributed by atoms with Crippen LogP contribution in [0.15, 0.2) is 22.7 Å². The molecule has 0 saturated heterocycles. The van der Waals surface area contributed by atoms with Crippen LogP contribution in [0.3, 0.4) is 0 Å². The topological polar surface area (TPSA) is 35.2 Å². The van der Waals surface area contributed by atoms with Gasteiger partial charge in [0.05, 0.1) is 6.61 Å². The zero-order chi connectivity index (χ0) is 12.0. The second kappa shape index (κ2) is 6.86. The second-order valence-corrected chi connectivity index (χ2v) is 4.86. The van der Waals surface area contributed by atoms with E-state index >= 15 is 0 Å². The smallest absolute Gasteiger partial charge is 0.120 e. The zero-order valence-corrected chi connectivity index (χ0v) is 11.7. The second-order valence-electron chi connectivity index (χ2n) is 3.56. The lowest BCUT2D eigenvalue weighted by molar-refractivity contribution is 0.306. The standard InChI is InChI=1S/C12H16BrNOS/c1-2-3-4-7-15-9-5-6-10(12(14)16)11(13)8-9/h5-6,8H,2-4,7H2,1H3,(H2,14,16). The van der Waals surface area contributed by atoms with E-state index in [-0.39, 0.29) is 0 Å². The third-order valence-electron chi connectivity index (χ3n) is 2.22. The largest absolute Gasteiger partial charge is 0.494 e. The van der Waals surface area contributed by atoms with Crippen LogP contribution in [-0.4, -0.2) is 11.6 Å². The quantitative estimate of drug-likeness (QED) is 0.643. The summed E-state index contributed by atoms with van der Waals surface area (Å²) in [5.74, 6) is 0.850. The first-order valence-corrected chi connectivity index (χ1v) is 6.57. The Morgan fingerprint density at radius 1 is 1.44 bits per heavy atom. The molecule has 0 bridgehead atoms. The third-order valence-corrected chi connectivity index (χ3v) is 3.10. The van der Waals surface area contributed by atoms with Crippen molar-refractivity contribution in [2.75, 3.05) is 6.61 Å². The van der Waals surface area contributed by atoms with Gasteiger partial charge in [0.15, 0.2) is 0 Å². The van der Waals surface area contributed by atoms with Gasteiger partial charge in [-0.25, -0.2) is 0 Å². The molecule has 1 aromatic carbocycles. The molecule has 1 aromatic rings. The molecule has 2 N–H and O–H groups in total. The fraction of sp³-hybridized carbons (Fsp3) is 0.417. The Morgan fingerprint density at radius 2 is 2.19 bits per heavy atom. The summed E-state index contributed by atoms with van der Waals surface area (Å²) in [6, 6.07) is 5.67. The fourth-order valence-corrected chi connectivity index (χ4v) is 2.21. The van der Waals surface area contributed by atoms with Gasteiger partial charge in [-0.15, -0.1) is 0 Å². The molecule has 88 valence electrons. The van der Waals surface area contributed by atoms with E-state index in [1.54, 1.807) is 0 Å². The molecule has 0 fully saturated rings. The van der Waals surface area contributed by atoms with Crippen molar-refractivity contribution in [3.63, 3.8) is 0 Å². The van der Waals surface area contributed by atoms with E-state index < -0.39 is 0 Å². The van der Waals surface area contributed by atoms with Gasteiger partial charge in [0.1, 0.15) is 10.7 Å². The van der Waals surface area contributed by atoms with Crippen molar-refractivity contribution >= 4 is 33.1 Å². The molecule has 0 aromatic heterocycles. The normalized spacial score (nSPS) is 10.1. The van der Waals surface area contributed by atoms with Crippen LogP contribution in [0.4, 0.5) is 0 Å². The van der Waals surface area contributed by atoms with E-state index in [9.17, 15) is 0 Å². The number of nitrogens with two attached hydrogens (primary N) is 1. The van der Waals surface area contributed by atoms with Crippen molar-refractivity contribution in [3.05, 3.63) is 28.2 Å². The van der Waals surface area contributed by atoms with Gasteiger partial charge >= 0.3 is 0 Å². The molecule has 0 saturated carbocycles. The first-order valence-electron chi connectivity index (χ1n) is 5.37. The number of halogens is 1. The highest BCUT2D eigenvalue weighted by Gasteiger charge is 2.04. The van der Waals surface area contributed by atoms with Gasteiger partial charge in [-0.2, -0.15) is 0 Å². The predicted octanol–water partition coefficient (Wildman–Crippen LogP) is 3.65. The molecule has 0 heterocycles. The summed E-state index contributed by atoms with van der Waals surface area (Å²) in [5.41, 5.74) is 6.41. The monoisotopic (exact) mass is 301 g/mol. The third kappa shape index (κ3) is 4.10. The Kier molecular flexibility index (Phi) is 5.77. The average Bonchev–Trinajstić information content (AvgIpc) is 2.24. The van der Waals surface area contributed by atoms with E-state index in [2.05, 4.69) is 22.9 Å². The van der Waals surface area contributed by atoms with Crippen LogP contribution in [0, 0.1) is 0 Å². The molecule has 0 aliphatic rings. The Morgan fingerprint density at radius 3 is 2.75 bits per heavy atom. The summed E-state index contributed by atoms with van der Waals surface area (Å²) in [4.78, 5) is 0.393. The van der Waals surface area contributed by atoms with Gasteiger partial charge < -0.3 is 10.5 Å². The van der Waals surface area contributed by atoms with Crippen molar-refractivity contribution in [3.8, 4) is 5.75 Å². The molecule has 0 atom stereocenters. The maximum absolute atomic E-state index is 5.61. The first-order chi connectivity index (χ1) is 7.65. The molecular weight excluding hydrogens is 286 g/mol. The maximum Gasteiger partial charge on any atom is 0.120 e. The van der Waals surface area contributed by atoms with E-state index in [0.29, 0.717) is 4.99 Å². The van der Waals surface area contributed by atoms with E-state index in [0.717, 1.165) is 28.8 Å². The summed E-state index contributed by atoms with van der Waals surface area (Å²) in [7, 11) is 0. The minimum Gasteiger partial charge on any atom is -0.494 e. The Labute approximate surface area is 110 Å². The van der Waals surface area contributed by atoms with Gasteiger partial charge in [0, 0.05) is 10.0 Å². The fourth-order valence-electron chi connectivity index (χ4n) is 1.33. The summed E-state index contributed by atoms with van der Waals surface area (Å²) >= 11 is 8.34. The Hall–Kier alpha value is -0.610. The lowest BCUT2D eigenvalue weighted by Gasteiger charge is -2.08. The summed E-state index contributed by atoms with van der Waals surface area (Å²) in [5, 5.41) is 0. The SMILES string of the molecule is CCCCCOc1ccc(C(N)=S)c(Br)c1. The van der Waals surface area contributed by atoms with Crippen LogP contribution in [-0.2, 0) is 0 Å². The maximum atomic E-state index is 5.61. The minimum absolute atomic E-state index is 0.393. The van der Waals surface area contributed by atoms with Crippen molar-refractivity contribution < 1.29 is 4.74 Å². The molecule has 2 nitrogen and oxygen atoms in total. The highest BCUT2D eigenvalue weighted by Crippen LogP contribution is 2.23. The molecule has 0 unspecified atom stereocenters. The van der Waals surface area contributed by atoms with Crippen LogP contribution >= 0.6 is 28.1 Å². The number of hydrogen-bond donors (Lipinski definition) is 1. The van der Waals surface area contributed by atoms with Crippen LogP contribution in [0.1, 0.15) is 31.7 Å². The lowest BCUT2D eigenvalue weighted by atomic mass is 10.2. The van der Waals surface area contributed by atoms with E-state index in [1.165, 1.54) is 12.8 Å².